The maximum absolute atomic E-state index is 6.10. The van der Waals surface area contributed by atoms with Gasteiger partial charge in [-0.1, -0.05) is 6.07 Å². The Bertz CT molecular complexity index is 461. The quantitative estimate of drug-likeness (QED) is 0.875. The summed E-state index contributed by atoms with van der Waals surface area (Å²) >= 11 is 0. The van der Waals surface area contributed by atoms with Gasteiger partial charge in [-0.25, -0.2) is 0 Å². The molecule has 0 amide bonds. The second-order valence-electron chi connectivity index (χ2n) is 4.45. The number of hydrogen-bond donors (Lipinski definition) is 1. The molecule has 4 nitrogen and oxygen atoms in total. The fraction of sp³-hybridized carbons (Fsp3) is 0.385. The Morgan fingerprint density at radius 2 is 2.12 bits per heavy atom. The van der Waals surface area contributed by atoms with Gasteiger partial charge < -0.3 is 5.73 Å². The van der Waals surface area contributed by atoms with Gasteiger partial charge in [0, 0.05) is 24.9 Å². The van der Waals surface area contributed by atoms with Crippen molar-refractivity contribution < 1.29 is 0 Å². The van der Waals surface area contributed by atoms with Gasteiger partial charge in [-0.15, -0.1) is 0 Å². The predicted molar refractivity (Wildman–Crippen MR) is 67.5 cm³/mol. The van der Waals surface area contributed by atoms with Crippen molar-refractivity contribution in [1.29, 1.82) is 0 Å². The Balaban J connectivity index is 2.05. The van der Waals surface area contributed by atoms with Gasteiger partial charge >= 0.3 is 0 Å². The van der Waals surface area contributed by atoms with Crippen LogP contribution in [-0.2, 0) is 6.42 Å². The average Bonchev–Trinajstić information content (AvgIpc) is 2.79. The summed E-state index contributed by atoms with van der Waals surface area (Å²) in [6, 6.07) is 8.10. The summed E-state index contributed by atoms with van der Waals surface area (Å²) in [5.41, 5.74) is 8.02. The third kappa shape index (κ3) is 2.91. The van der Waals surface area contributed by atoms with Gasteiger partial charge in [-0.05, 0) is 32.0 Å². The van der Waals surface area contributed by atoms with Crippen molar-refractivity contribution >= 4 is 0 Å². The van der Waals surface area contributed by atoms with Crippen LogP contribution in [0.1, 0.15) is 37.3 Å². The minimum Gasteiger partial charge on any atom is -0.322 e. The van der Waals surface area contributed by atoms with Crippen molar-refractivity contribution in [3.63, 3.8) is 0 Å². The first-order valence-corrected chi connectivity index (χ1v) is 5.87. The molecule has 0 aliphatic rings. The molecule has 0 saturated carbocycles. The van der Waals surface area contributed by atoms with E-state index in [0.717, 1.165) is 17.8 Å². The van der Waals surface area contributed by atoms with Crippen LogP contribution in [0, 0.1) is 0 Å². The molecule has 0 radical (unpaired) electrons. The zero-order chi connectivity index (χ0) is 12.3. The number of rotatable bonds is 4. The van der Waals surface area contributed by atoms with Crippen LogP contribution >= 0.6 is 0 Å². The van der Waals surface area contributed by atoms with E-state index in [1.54, 1.807) is 6.20 Å². The molecule has 0 aliphatic carbocycles. The first kappa shape index (κ1) is 11.8. The third-order valence-electron chi connectivity index (χ3n) is 2.69. The van der Waals surface area contributed by atoms with E-state index < -0.39 is 0 Å². The Kier molecular flexibility index (Phi) is 3.54. The van der Waals surface area contributed by atoms with Crippen LogP contribution in [0.25, 0.3) is 0 Å². The van der Waals surface area contributed by atoms with E-state index in [-0.39, 0.29) is 6.04 Å². The van der Waals surface area contributed by atoms with Gasteiger partial charge in [0.15, 0.2) is 0 Å². The number of nitrogens with zero attached hydrogens (tertiary/aromatic N) is 3. The highest BCUT2D eigenvalue weighted by atomic mass is 15.3. The summed E-state index contributed by atoms with van der Waals surface area (Å²) in [4.78, 5) is 4.26. The van der Waals surface area contributed by atoms with Gasteiger partial charge in [0.05, 0.1) is 17.4 Å². The van der Waals surface area contributed by atoms with Crippen molar-refractivity contribution in [2.24, 2.45) is 5.73 Å². The summed E-state index contributed by atoms with van der Waals surface area (Å²) in [5, 5.41) is 4.48. The summed E-state index contributed by atoms with van der Waals surface area (Å²) in [6.07, 6.45) is 4.48. The van der Waals surface area contributed by atoms with Gasteiger partial charge in [0.2, 0.25) is 0 Å². The van der Waals surface area contributed by atoms with Crippen LogP contribution in [0.2, 0.25) is 0 Å². The molecule has 0 saturated heterocycles. The minimum absolute atomic E-state index is 0.0910. The largest absolute Gasteiger partial charge is 0.322 e. The van der Waals surface area contributed by atoms with Gasteiger partial charge in [-0.2, -0.15) is 5.10 Å². The summed E-state index contributed by atoms with van der Waals surface area (Å²) < 4.78 is 1.94. The molecule has 2 aromatic heterocycles. The molecule has 2 N–H and O–H groups in total. The van der Waals surface area contributed by atoms with Crippen molar-refractivity contribution in [3.8, 4) is 0 Å². The second kappa shape index (κ2) is 5.10. The Hall–Kier alpha value is -1.68. The molecule has 1 atom stereocenters. The highest BCUT2D eigenvalue weighted by Crippen LogP contribution is 2.13. The monoisotopic (exact) mass is 230 g/mol. The molecule has 4 heteroatoms. The van der Waals surface area contributed by atoms with Gasteiger partial charge in [0.1, 0.15) is 0 Å². The zero-order valence-corrected chi connectivity index (χ0v) is 10.2. The van der Waals surface area contributed by atoms with Crippen LogP contribution in [0.4, 0.5) is 0 Å². The summed E-state index contributed by atoms with van der Waals surface area (Å²) in [6.45, 7) is 4.21. The van der Waals surface area contributed by atoms with E-state index >= 15 is 0 Å². The minimum atomic E-state index is -0.0910. The summed E-state index contributed by atoms with van der Waals surface area (Å²) in [5.74, 6) is 0. The lowest BCUT2D eigenvalue weighted by atomic mass is 10.1. The van der Waals surface area contributed by atoms with E-state index in [2.05, 4.69) is 23.9 Å². The SMILES string of the molecule is CC(C)n1ccc(CC(N)c2ccccn2)n1. The molecule has 0 aliphatic heterocycles. The number of hydrogen-bond acceptors (Lipinski definition) is 3. The lowest BCUT2D eigenvalue weighted by molar-refractivity contribution is 0.522. The maximum atomic E-state index is 6.10. The zero-order valence-electron chi connectivity index (χ0n) is 10.2. The molecule has 2 rings (SSSR count). The molecule has 17 heavy (non-hydrogen) atoms. The fourth-order valence-electron chi connectivity index (χ4n) is 1.70. The standard InChI is InChI=1S/C13H18N4/c1-10(2)17-8-6-11(16-17)9-12(14)13-5-3-4-7-15-13/h3-8,10,12H,9,14H2,1-2H3. The Labute approximate surface area is 101 Å². The number of aromatic nitrogens is 3. The molecule has 90 valence electrons. The third-order valence-corrected chi connectivity index (χ3v) is 2.69. The van der Waals surface area contributed by atoms with Crippen LogP contribution in [0.3, 0.4) is 0 Å². The van der Waals surface area contributed by atoms with Crippen molar-refractivity contribution in [3.05, 3.63) is 48.0 Å². The normalized spacial score (nSPS) is 12.9. The van der Waals surface area contributed by atoms with E-state index in [9.17, 15) is 0 Å². The van der Waals surface area contributed by atoms with Crippen LogP contribution in [0.5, 0.6) is 0 Å². The van der Waals surface area contributed by atoms with E-state index in [4.69, 9.17) is 5.73 Å². The maximum Gasteiger partial charge on any atom is 0.0644 e. The number of nitrogens with two attached hydrogens (primary N) is 1. The lowest BCUT2D eigenvalue weighted by Crippen LogP contribution is -2.15. The molecular weight excluding hydrogens is 212 g/mol. The van der Waals surface area contributed by atoms with Crippen molar-refractivity contribution in [2.45, 2.75) is 32.4 Å². The van der Waals surface area contributed by atoms with Gasteiger partial charge in [0.25, 0.3) is 0 Å². The van der Waals surface area contributed by atoms with Gasteiger partial charge in [-0.3, -0.25) is 9.67 Å². The van der Waals surface area contributed by atoms with Crippen LogP contribution < -0.4 is 5.73 Å². The molecule has 2 aromatic rings. The smallest absolute Gasteiger partial charge is 0.0644 e. The molecule has 0 bridgehead atoms. The average molecular weight is 230 g/mol. The Morgan fingerprint density at radius 3 is 2.71 bits per heavy atom. The second-order valence-corrected chi connectivity index (χ2v) is 4.45. The van der Waals surface area contributed by atoms with Crippen LogP contribution in [0.15, 0.2) is 36.7 Å². The molecule has 1 unspecified atom stereocenters. The van der Waals surface area contributed by atoms with Crippen LogP contribution in [-0.4, -0.2) is 14.8 Å². The first-order valence-electron chi connectivity index (χ1n) is 5.87. The van der Waals surface area contributed by atoms with E-state index in [1.165, 1.54) is 0 Å². The highest BCUT2D eigenvalue weighted by Gasteiger charge is 2.10. The van der Waals surface area contributed by atoms with Crippen molar-refractivity contribution in [2.75, 3.05) is 0 Å². The molecule has 0 fully saturated rings. The van der Waals surface area contributed by atoms with E-state index in [1.807, 2.05) is 35.1 Å². The molecule has 0 aromatic carbocycles. The first-order chi connectivity index (χ1) is 8.16. The number of pyridine rings is 1. The highest BCUT2D eigenvalue weighted by molar-refractivity contribution is 5.12. The fourth-order valence-corrected chi connectivity index (χ4v) is 1.70. The van der Waals surface area contributed by atoms with E-state index in [0.29, 0.717) is 6.04 Å². The topological polar surface area (TPSA) is 56.7 Å². The molecule has 0 spiro atoms. The van der Waals surface area contributed by atoms with Crippen molar-refractivity contribution in [1.82, 2.24) is 14.8 Å². The predicted octanol–water partition coefficient (Wildman–Crippen LogP) is 2.10. The summed E-state index contributed by atoms with van der Waals surface area (Å²) in [7, 11) is 0. The Morgan fingerprint density at radius 1 is 1.29 bits per heavy atom. The lowest BCUT2D eigenvalue weighted by Gasteiger charge is -2.09. The molecule has 2 heterocycles. The molecular formula is C13H18N4.